The Morgan fingerprint density at radius 2 is 2.47 bits per heavy atom. The minimum absolute atomic E-state index is 0.0201. The van der Waals surface area contributed by atoms with Crippen molar-refractivity contribution in [1.29, 1.82) is 0 Å². The van der Waals surface area contributed by atoms with E-state index >= 15 is 0 Å². The molecule has 5 heteroatoms. The van der Waals surface area contributed by atoms with Crippen LogP contribution in [0.5, 0.6) is 0 Å². The largest absolute Gasteiger partial charge is 0.468 e. The highest BCUT2D eigenvalue weighted by Crippen LogP contribution is 2.16. The predicted molar refractivity (Wildman–Crippen MR) is 59.7 cm³/mol. The van der Waals surface area contributed by atoms with Crippen LogP contribution < -0.4 is 5.32 Å². The van der Waals surface area contributed by atoms with Gasteiger partial charge in [-0.05, 0) is 18.6 Å². The van der Waals surface area contributed by atoms with Crippen LogP contribution in [0, 0.1) is 6.92 Å². The lowest BCUT2D eigenvalue weighted by atomic mass is 10.3. The third-order valence-electron chi connectivity index (χ3n) is 1.87. The van der Waals surface area contributed by atoms with Gasteiger partial charge >= 0.3 is 0 Å². The molecule has 1 aromatic heterocycles. The third kappa shape index (κ3) is 4.40. The highest BCUT2D eigenvalue weighted by molar-refractivity contribution is 7.99. The zero-order chi connectivity index (χ0) is 11.1. The maximum atomic E-state index is 11.1. The summed E-state index contributed by atoms with van der Waals surface area (Å²) < 4.78 is 5.23. The van der Waals surface area contributed by atoms with Crippen molar-refractivity contribution in [3.05, 3.63) is 23.7 Å². The first kappa shape index (κ1) is 12.1. The second-order valence-electron chi connectivity index (χ2n) is 3.09. The second kappa shape index (κ2) is 6.53. The lowest BCUT2D eigenvalue weighted by Crippen LogP contribution is -2.27. The molecule has 0 unspecified atom stereocenters. The van der Waals surface area contributed by atoms with Gasteiger partial charge in [-0.2, -0.15) is 0 Å². The summed E-state index contributed by atoms with van der Waals surface area (Å²) >= 11 is 1.50. The lowest BCUT2D eigenvalue weighted by molar-refractivity contribution is -0.118. The van der Waals surface area contributed by atoms with E-state index in [1.165, 1.54) is 11.8 Å². The first-order chi connectivity index (χ1) is 7.24. The molecule has 0 bridgehead atoms. The van der Waals surface area contributed by atoms with Crippen molar-refractivity contribution in [3.8, 4) is 0 Å². The first-order valence-electron chi connectivity index (χ1n) is 4.72. The quantitative estimate of drug-likeness (QED) is 0.761. The Morgan fingerprint density at radius 3 is 3.07 bits per heavy atom. The smallest absolute Gasteiger partial charge is 0.230 e. The molecule has 0 saturated carbocycles. The number of hydrogen-bond acceptors (Lipinski definition) is 4. The highest BCUT2D eigenvalue weighted by atomic mass is 32.2. The molecule has 1 heterocycles. The number of aliphatic hydroxyl groups is 1. The second-order valence-corrected chi connectivity index (χ2v) is 4.08. The number of nitrogens with one attached hydrogen (secondary N) is 1. The summed E-state index contributed by atoms with van der Waals surface area (Å²) in [6.07, 6.45) is 1.65. The molecule has 0 aromatic carbocycles. The Hall–Kier alpha value is -0.940. The van der Waals surface area contributed by atoms with Crippen molar-refractivity contribution < 1.29 is 14.3 Å². The van der Waals surface area contributed by atoms with Gasteiger partial charge in [0.15, 0.2) is 0 Å². The topological polar surface area (TPSA) is 62.5 Å². The standard InChI is InChI=1S/C10H15NO3S/c1-8-2-5-14-9(8)6-15-7-10(13)11-3-4-12/h2,5,12H,3-4,6-7H2,1H3,(H,11,13). The Balaban J connectivity index is 2.16. The molecular formula is C10H15NO3S. The van der Waals surface area contributed by atoms with E-state index in [0.717, 1.165) is 11.3 Å². The molecule has 0 saturated heterocycles. The Kier molecular flexibility index (Phi) is 5.28. The molecule has 1 amide bonds. The fourth-order valence-corrected chi connectivity index (χ4v) is 1.91. The van der Waals surface area contributed by atoms with E-state index in [1.807, 2.05) is 13.0 Å². The monoisotopic (exact) mass is 229 g/mol. The summed E-state index contributed by atoms with van der Waals surface area (Å²) in [4.78, 5) is 11.1. The number of aryl methyl sites for hydroxylation is 1. The van der Waals surface area contributed by atoms with Crippen molar-refractivity contribution >= 4 is 17.7 Å². The zero-order valence-electron chi connectivity index (χ0n) is 8.66. The van der Waals surface area contributed by atoms with E-state index in [-0.39, 0.29) is 12.5 Å². The van der Waals surface area contributed by atoms with Crippen LogP contribution in [0.1, 0.15) is 11.3 Å². The van der Waals surface area contributed by atoms with Crippen LogP contribution in [-0.2, 0) is 10.5 Å². The van der Waals surface area contributed by atoms with E-state index in [0.29, 0.717) is 18.1 Å². The van der Waals surface area contributed by atoms with Gasteiger partial charge < -0.3 is 14.8 Å². The van der Waals surface area contributed by atoms with Gasteiger partial charge in [0.25, 0.3) is 0 Å². The Bertz CT molecular complexity index is 311. The van der Waals surface area contributed by atoms with Crippen LogP contribution in [0.15, 0.2) is 16.7 Å². The highest BCUT2D eigenvalue weighted by Gasteiger charge is 2.04. The number of aliphatic hydroxyl groups excluding tert-OH is 1. The molecule has 84 valence electrons. The van der Waals surface area contributed by atoms with Crippen molar-refractivity contribution in [3.63, 3.8) is 0 Å². The maximum absolute atomic E-state index is 11.1. The molecule has 2 N–H and O–H groups in total. The van der Waals surface area contributed by atoms with E-state index in [9.17, 15) is 4.79 Å². The molecule has 15 heavy (non-hydrogen) atoms. The number of carbonyl (C=O) groups excluding carboxylic acids is 1. The molecule has 0 aliphatic heterocycles. The van der Waals surface area contributed by atoms with Gasteiger partial charge in [-0.25, -0.2) is 0 Å². The fourth-order valence-electron chi connectivity index (χ4n) is 1.03. The summed E-state index contributed by atoms with van der Waals surface area (Å²) in [5, 5.41) is 11.1. The number of carbonyl (C=O) groups is 1. The van der Waals surface area contributed by atoms with Gasteiger partial charge in [0.1, 0.15) is 5.76 Å². The number of amides is 1. The normalized spacial score (nSPS) is 10.3. The van der Waals surface area contributed by atoms with Gasteiger partial charge in [0.2, 0.25) is 5.91 Å². The van der Waals surface area contributed by atoms with Crippen LogP contribution in [0.3, 0.4) is 0 Å². The van der Waals surface area contributed by atoms with Crippen LogP contribution >= 0.6 is 11.8 Å². The van der Waals surface area contributed by atoms with E-state index in [1.54, 1.807) is 6.26 Å². The van der Waals surface area contributed by atoms with Gasteiger partial charge in [-0.15, -0.1) is 11.8 Å². The summed E-state index contributed by atoms with van der Waals surface area (Å²) in [7, 11) is 0. The number of rotatable bonds is 6. The fraction of sp³-hybridized carbons (Fsp3) is 0.500. The zero-order valence-corrected chi connectivity index (χ0v) is 9.47. The van der Waals surface area contributed by atoms with E-state index < -0.39 is 0 Å². The summed E-state index contributed by atoms with van der Waals surface area (Å²) in [6.45, 7) is 2.28. The van der Waals surface area contributed by atoms with E-state index in [2.05, 4.69) is 5.32 Å². The van der Waals surface area contributed by atoms with Crippen molar-refractivity contribution in [2.75, 3.05) is 18.9 Å². The summed E-state index contributed by atoms with van der Waals surface area (Å²) in [5.74, 6) is 1.94. The number of hydrogen-bond donors (Lipinski definition) is 2. The maximum Gasteiger partial charge on any atom is 0.230 e. The summed E-state index contributed by atoms with van der Waals surface area (Å²) in [5.41, 5.74) is 1.11. The SMILES string of the molecule is Cc1ccoc1CSCC(=O)NCCO. The molecule has 0 radical (unpaired) electrons. The minimum Gasteiger partial charge on any atom is -0.468 e. The molecular weight excluding hydrogens is 214 g/mol. The lowest BCUT2D eigenvalue weighted by Gasteiger charge is -2.02. The average Bonchev–Trinajstić information content (AvgIpc) is 2.61. The van der Waals surface area contributed by atoms with Gasteiger partial charge in [0, 0.05) is 6.54 Å². The van der Waals surface area contributed by atoms with Crippen LogP contribution in [-0.4, -0.2) is 29.9 Å². The van der Waals surface area contributed by atoms with Crippen LogP contribution in [0.2, 0.25) is 0 Å². The summed E-state index contributed by atoms with van der Waals surface area (Å²) in [6, 6.07) is 1.90. The minimum atomic E-state index is -0.0572. The van der Waals surface area contributed by atoms with Crippen molar-refractivity contribution in [2.45, 2.75) is 12.7 Å². The van der Waals surface area contributed by atoms with Crippen LogP contribution in [0.25, 0.3) is 0 Å². The number of furan rings is 1. The molecule has 0 fully saturated rings. The van der Waals surface area contributed by atoms with E-state index in [4.69, 9.17) is 9.52 Å². The molecule has 0 aliphatic carbocycles. The van der Waals surface area contributed by atoms with Gasteiger partial charge in [-0.3, -0.25) is 4.79 Å². The van der Waals surface area contributed by atoms with Crippen molar-refractivity contribution in [2.24, 2.45) is 0 Å². The molecule has 4 nitrogen and oxygen atoms in total. The Morgan fingerprint density at radius 1 is 1.67 bits per heavy atom. The predicted octanol–water partition coefficient (Wildman–Crippen LogP) is 0.930. The molecule has 0 aliphatic rings. The molecule has 0 atom stereocenters. The van der Waals surface area contributed by atoms with Gasteiger partial charge in [-0.1, -0.05) is 0 Å². The molecule has 0 spiro atoms. The number of thioether (sulfide) groups is 1. The molecule has 1 rings (SSSR count). The van der Waals surface area contributed by atoms with Gasteiger partial charge in [0.05, 0.1) is 24.4 Å². The molecule has 1 aromatic rings. The average molecular weight is 229 g/mol. The van der Waals surface area contributed by atoms with Crippen LogP contribution in [0.4, 0.5) is 0 Å². The third-order valence-corrected chi connectivity index (χ3v) is 2.80. The van der Waals surface area contributed by atoms with Crippen molar-refractivity contribution in [1.82, 2.24) is 5.32 Å². The first-order valence-corrected chi connectivity index (χ1v) is 5.87. The Labute approximate surface area is 93.0 Å².